The van der Waals surface area contributed by atoms with Gasteiger partial charge in [-0.2, -0.15) is 0 Å². The first-order valence-electron chi connectivity index (χ1n) is 9.44. The first-order chi connectivity index (χ1) is 14.7. The van der Waals surface area contributed by atoms with Crippen LogP contribution >= 0.6 is 0 Å². The molecule has 0 atom stereocenters. The lowest BCUT2D eigenvalue weighted by molar-refractivity contribution is -0.118. The zero-order valence-electron chi connectivity index (χ0n) is 17.0. The van der Waals surface area contributed by atoms with Crippen molar-refractivity contribution < 1.29 is 28.4 Å². The van der Waals surface area contributed by atoms with Gasteiger partial charge in [0.15, 0.2) is 35.3 Å². The molecule has 0 aliphatic carbocycles. The number of nitrogens with zero attached hydrogens (tertiary/aromatic N) is 2. The van der Waals surface area contributed by atoms with E-state index in [0.717, 1.165) is 0 Å². The number of anilines is 1. The van der Waals surface area contributed by atoms with Crippen molar-refractivity contribution in [1.82, 2.24) is 10.3 Å². The Balaban J connectivity index is 1.72. The largest absolute Gasteiger partial charge is 0.493 e. The van der Waals surface area contributed by atoms with Gasteiger partial charge in [-0.3, -0.25) is 4.79 Å². The molecule has 0 saturated carbocycles. The molecular weight excluding hydrogens is 390 g/mol. The van der Waals surface area contributed by atoms with Crippen LogP contribution in [0, 0.1) is 0 Å². The highest BCUT2D eigenvalue weighted by Gasteiger charge is 2.18. The van der Waals surface area contributed by atoms with Crippen LogP contribution in [0.1, 0.15) is 13.8 Å². The van der Waals surface area contributed by atoms with Gasteiger partial charge in [0.2, 0.25) is 5.82 Å². The molecule has 0 fully saturated rings. The number of carbonyl (C=O) groups excluding carboxylic acids is 1. The van der Waals surface area contributed by atoms with Gasteiger partial charge in [0.05, 0.1) is 20.3 Å². The SMILES string of the molecule is CCOc1ccc(-c2nonc2NC(=O)COc2ccccc2OC)cc1OCC. The molecule has 0 radical (unpaired) electrons. The van der Waals surface area contributed by atoms with Crippen LogP contribution in [-0.2, 0) is 4.79 Å². The highest BCUT2D eigenvalue weighted by atomic mass is 16.6. The second-order valence-electron chi connectivity index (χ2n) is 5.98. The molecule has 0 aliphatic heterocycles. The third-order valence-electron chi connectivity index (χ3n) is 3.99. The lowest BCUT2D eigenvalue weighted by Crippen LogP contribution is -2.20. The van der Waals surface area contributed by atoms with Crippen LogP contribution in [0.15, 0.2) is 47.1 Å². The van der Waals surface area contributed by atoms with E-state index in [1.807, 2.05) is 19.9 Å². The van der Waals surface area contributed by atoms with Crippen molar-refractivity contribution in [1.29, 1.82) is 0 Å². The quantitative estimate of drug-likeness (QED) is 0.538. The number of aromatic nitrogens is 2. The second-order valence-corrected chi connectivity index (χ2v) is 5.98. The van der Waals surface area contributed by atoms with Gasteiger partial charge >= 0.3 is 0 Å². The van der Waals surface area contributed by atoms with Crippen LogP contribution in [0.5, 0.6) is 23.0 Å². The average molecular weight is 413 g/mol. The summed E-state index contributed by atoms with van der Waals surface area (Å²) in [5.41, 5.74) is 1.02. The summed E-state index contributed by atoms with van der Waals surface area (Å²) in [5.74, 6) is 1.93. The van der Waals surface area contributed by atoms with E-state index < -0.39 is 5.91 Å². The second kappa shape index (κ2) is 10.1. The summed E-state index contributed by atoms with van der Waals surface area (Å²) in [6.07, 6.45) is 0. The zero-order valence-corrected chi connectivity index (χ0v) is 17.0. The standard InChI is InChI=1S/C21H23N3O6/c1-4-27-17-11-10-14(12-18(17)28-5-2)20-21(24-30-23-20)22-19(25)13-29-16-9-7-6-8-15(16)26-3/h6-12H,4-5,13H2,1-3H3,(H,22,24,25). The molecule has 0 saturated heterocycles. The highest BCUT2D eigenvalue weighted by Crippen LogP contribution is 2.34. The lowest BCUT2D eigenvalue weighted by atomic mass is 10.1. The van der Waals surface area contributed by atoms with Crippen LogP contribution in [0.2, 0.25) is 0 Å². The molecule has 3 aromatic rings. The van der Waals surface area contributed by atoms with E-state index in [-0.39, 0.29) is 12.4 Å². The molecule has 0 unspecified atom stereocenters. The molecular formula is C21H23N3O6. The maximum atomic E-state index is 12.3. The summed E-state index contributed by atoms with van der Waals surface area (Å²) in [5, 5.41) is 10.3. The van der Waals surface area contributed by atoms with Crippen LogP contribution in [0.3, 0.4) is 0 Å². The predicted octanol–water partition coefficient (Wildman–Crippen LogP) is 3.56. The Morgan fingerprint density at radius 3 is 2.37 bits per heavy atom. The fourth-order valence-electron chi connectivity index (χ4n) is 2.71. The van der Waals surface area contributed by atoms with Crippen molar-refractivity contribution in [2.24, 2.45) is 0 Å². The maximum absolute atomic E-state index is 12.3. The predicted molar refractivity (Wildman–Crippen MR) is 109 cm³/mol. The van der Waals surface area contributed by atoms with Gasteiger partial charge in [-0.05, 0) is 54.5 Å². The number of methoxy groups -OCH3 is 1. The molecule has 0 bridgehead atoms. The molecule has 9 nitrogen and oxygen atoms in total. The van der Waals surface area contributed by atoms with Crippen molar-refractivity contribution in [2.45, 2.75) is 13.8 Å². The first kappa shape index (κ1) is 21.0. The van der Waals surface area contributed by atoms with Crippen molar-refractivity contribution >= 4 is 11.7 Å². The fourth-order valence-corrected chi connectivity index (χ4v) is 2.71. The third kappa shape index (κ3) is 4.99. The normalized spacial score (nSPS) is 10.4. The number of ether oxygens (including phenoxy) is 4. The molecule has 0 spiro atoms. The summed E-state index contributed by atoms with van der Waals surface area (Å²) in [7, 11) is 1.53. The van der Waals surface area contributed by atoms with Crippen LogP contribution in [0.25, 0.3) is 11.3 Å². The van der Waals surface area contributed by atoms with Gasteiger partial charge < -0.3 is 24.3 Å². The number of rotatable bonds is 10. The Morgan fingerprint density at radius 1 is 0.933 bits per heavy atom. The molecule has 0 aliphatic rings. The number of carbonyl (C=O) groups is 1. The number of amides is 1. The molecule has 2 aromatic carbocycles. The van der Waals surface area contributed by atoms with Crippen LogP contribution in [-0.4, -0.2) is 43.2 Å². The van der Waals surface area contributed by atoms with Crippen molar-refractivity contribution in [3.63, 3.8) is 0 Å². The van der Waals surface area contributed by atoms with Crippen molar-refractivity contribution in [3.05, 3.63) is 42.5 Å². The molecule has 3 rings (SSSR count). The number of nitrogens with one attached hydrogen (secondary N) is 1. The Labute approximate surface area is 173 Å². The highest BCUT2D eigenvalue weighted by molar-refractivity contribution is 5.94. The first-order valence-corrected chi connectivity index (χ1v) is 9.44. The van der Waals surface area contributed by atoms with E-state index in [9.17, 15) is 4.79 Å². The Bertz CT molecular complexity index is 988. The van der Waals surface area contributed by atoms with E-state index in [1.165, 1.54) is 7.11 Å². The Hall–Kier alpha value is -3.75. The molecule has 30 heavy (non-hydrogen) atoms. The Morgan fingerprint density at radius 2 is 1.63 bits per heavy atom. The van der Waals surface area contributed by atoms with Gasteiger partial charge in [-0.15, -0.1) is 0 Å². The van der Waals surface area contributed by atoms with E-state index in [0.29, 0.717) is 47.5 Å². The fraction of sp³-hybridized carbons (Fsp3) is 0.286. The van der Waals surface area contributed by atoms with E-state index in [2.05, 4.69) is 15.6 Å². The van der Waals surface area contributed by atoms with Gasteiger partial charge in [0.1, 0.15) is 0 Å². The summed E-state index contributed by atoms with van der Waals surface area (Å²) in [6.45, 7) is 4.53. The van der Waals surface area contributed by atoms with E-state index >= 15 is 0 Å². The molecule has 1 N–H and O–H groups in total. The molecule has 1 aromatic heterocycles. The smallest absolute Gasteiger partial charge is 0.263 e. The Kier molecular flexibility index (Phi) is 7.09. The van der Waals surface area contributed by atoms with Gasteiger partial charge in [-0.1, -0.05) is 12.1 Å². The van der Waals surface area contributed by atoms with Crippen LogP contribution < -0.4 is 24.3 Å². The van der Waals surface area contributed by atoms with Gasteiger partial charge in [0, 0.05) is 5.56 Å². The number of para-hydroxylation sites is 2. The lowest BCUT2D eigenvalue weighted by Gasteiger charge is -2.12. The minimum atomic E-state index is -0.422. The molecule has 1 heterocycles. The van der Waals surface area contributed by atoms with Crippen molar-refractivity contribution in [3.8, 4) is 34.3 Å². The third-order valence-corrected chi connectivity index (χ3v) is 3.99. The molecule has 158 valence electrons. The topological polar surface area (TPSA) is 105 Å². The number of benzene rings is 2. The van der Waals surface area contributed by atoms with Gasteiger partial charge in [-0.25, -0.2) is 4.63 Å². The van der Waals surface area contributed by atoms with Gasteiger partial charge in [0.25, 0.3) is 5.91 Å². The average Bonchev–Trinajstić information content (AvgIpc) is 3.22. The molecule has 1 amide bonds. The number of hydrogen-bond donors (Lipinski definition) is 1. The number of hydrogen-bond acceptors (Lipinski definition) is 8. The minimum Gasteiger partial charge on any atom is -0.493 e. The summed E-state index contributed by atoms with van der Waals surface area (Å²) < 4.78 is 26.8. The summed E-state index contributed by atoms with van der Waals surface area (Å²) in [4.78, 5) is 12.3. The molecule has 9 heteroatoms. The maximum Gasteiger partial charge on any atom is 0.263 e. The van der Waals surface area contributed by atoms with Crippen LogP contribution in [0.4, 0.5) is 5.82 Å². The summed E-state index contributed by atoms with van der Waals surface area (Å²) >= 11 is 0. The summed E-state index contributed by atoms with van der Waals surface area (Å²) in [6, 6.07) is 12.4. The minimum absolute atomic E-state index is 0.176. The monoisotopic (exact) mass is 413 g/mol. The van der Waals surface area contributed by atoms with E-state index in [1.54, 1.807) is 36.4 Å². The van der Waals surface area contributed by atoms with Crippen molar-refractivity contribution in [2.75, 3.05) is 32.2 Å². The zero-order chi connectivity index (χ0) is 21.3. The van der Waals surface area contributed by atoms with E-state index in [4.69, 9.17) is 23.6 Å².